The highest BCUT2D eigenvalue weighted by atomic mass is 19.1. The highest BCUT2D eigenvalue weighted by molar-refractivity contribution is 5.55. The SMILES string of the molecule is CNCc1cccc(F)c1N(CCO)Cc1ccccc1. The summed E-state index contributed by atoms with van der Waals surface area (Å²) in [4.78, 5) is 1.89. The molecular weight excluding hydrogens is 267 g/mol. The topological polar surface area (TPSA) is 35.5 Å². The van der Waals surface area contributed by atoms with Crippen molar-refractivity contribution in [3.05, 3.63) is 65.5 Å². The van der Waals surface area contributed by atoms with Gasteiger partial charge in [-0.3, -0.25) is 0 Å². The Morgan fingerprint density at radius 1 is 1.10 bits per heavy atom. The van der Waals surface area contributed by atoms with Crippen LogP contribution in [-0.4, -0.2) is 25.3 Å². The van der Waals surface area contributed by atoms with Gasteiger partial charge in [0.1, 0.15) is 5.82 Å². The molecule has 2 aromatic rings. The van der Waals surface area contributed by atoms with E-state index in [2.05, 4.69) is 5.32 Å². The lowest BCUT2D eigenvalue weighted by atomic mass is 10.1. The van der Waals surface area contributed by atoms with E-state index in [1.54, 1.807) is 6.07 Å². The normalized spacial score (nSPS) is 10.6. The predicted octanol–water partition coefficient (Wildman–Crippen LogP) is 2.54. The molecule has 112 valence electrons. The Hall–Kier alpha value is -1.91. The Labute approximate surface area is 125 Å². The van der Waals surface area contributed by atoms with Crippen LogP contribution in [0.1, 0.15) is 11.1 Å². The molecule has 0 bridgehead atoms. The molecule has 0 atom stereocenters. The molecule has 2 N–H and O–H groups in total. The van der Waals surface area contributed by atoms with Crippen LogP contribution < -0.4 is 10.2 Å². The monoisotopic (exact) mass is 288 g/mol. The van der Waals surface area contributed by atoms with Crippen molar-refractivity contribution in [2.45, 2.75) is 13.1 Å². The minimum absolute atomic E-state index is 0.0137. The van der Waals surface area contributed by atoms with Gasteiger partial charge in [0.15, 0.2) is 0 Å². The van der Waals surface area contributed by atoms with Gasteiger partial charge in [0.25, 0.3) is 0 Å². The van der Waals surface area contributed by atoms with Crippen molar-refractivity contribution >= 4 is 5.69 Å². The molecule has 0 radical (unpaired) electrons. The van der Waals surface area contributed by atoms with Gasteiger partial charge in [0.2, 0.25) is 0 Å². The predicted molar refractivity (Wildman–Crippen MR) is 83.7 cm³/mol. The van der Waals surface area contributed by atoms with E-state index in [1.165, 1.54) is 6.07 Å². The molecule has 0 aliphatic heterocycles. The lowest BCUT2D eigenvalue weighted by molar-refractivity contribution is 0.301. The van der Waals surface area contributed by atoms with Crippen LogP contribution >= 0.6 is 0 Å². The number of aliphatic hydroxyl groups is 1. The fraction of sp³-hybridized carbons (Fsp3) is 0.294. The Morgan fingerprint density at radius 2 is 1.86 bits per heavy atom. The fourth-order valence-electron chi connectivity index (χ4n) is 2.44. The molecule has 0 aromatic heterocycles. The van der Waals surface area contributed by atoms with Gasteiger partial charge in [-0.25, -0.2) is 4.39 Å². The minimum Gasteiger partial charge on any atom is -0.395 e. The largest absolute Gasteiger partial charge is 0.395 e. The molecule has 2 rings (SSSR count). The standard InChI is InChI=1S/C17H21FN2O/c1-19-12-15-8-5-9-16(18)17(15)20(10-11-21)13-14-6-3-2-4-7-14/h2-9,19,21H,10-13H2,1H3. The van der Waals surface area contributed by atoms with E-state index < -0.39 is 0 Å². The number of nitrogens with one attached hydrogen (secondary N) is 1. The first-order valence-electron chi connectivity index (χ1n) is 7.08. The number of hydrogen-bond donors (Lipinski definition) is 2. The van der Waals surface area contributed by atoms with Crippen LogP contribution in [0.2, 0.25) is 0 Å². The maximum atomic E-state index is 14.3. The third-order valence-corrected chi connectivity index (χ3v) is 3.34. The minimum atomic E-state index is -0.257. The van der Waals surface area contributed by atoms with Gasteiger partial charge in [-0.1, -0.05) is 42.5 Å². The molecule has 0 saturated carbocycles. The number of nitrogens with zero attached hydrogens (tertiary/aromatic N) is 1. The Morgan fingerprint density at radius 3 is 2.52 bits per heavy atom. The molecule has 0 aliphatic rings. The molecule has 21 heavy (non-hydrogen) atoms. The lowest BCUT2D eigenvalue weighted by Gasteiger charge is -2.27. The summed E-state index contributed by atoms with van der Waals surface area (Å²) in [5, 5.41) is 12.4. The molecule has 0 heterocycles. The maximum Gasteiger partial charge on any atom is 0.146 e. The molecule has 3 nitrogen and oxygen atoms in total. The summed E-state index contributed by atoms with van der Waals surface area (Å²) in [6, 6.07) is 15.0. The van der Waals surface area contributed by atoms with Crippen molar-refractivity contribution in [2.75, 3.05) is 25.1 Å². The van der Waals surface area contributed by atoms with Crippen molar-refractivity contribution in [3.63, 3.8) is 0 Å². The maximum absolute atomic E-state index is 14.3. The average molecular weight is 288 g/mol. The number of anilines is 1. The fourth-order valence-corrected chi connectivity index (χ4v) is 2.44. The summed E-state index contributed by atoms with van der Waals surface area (Å²) in [6.45, 7) is 1.54. The van der Waals surface area contributed by atoms with Crippen LogP contribution in [0.25, 0.3) is 0 Å². The van der Waals surface area contributed by atoms with E-state index in [-0.39, 0.29) is 12.4 Å². The second-order valence-electron chi connectivity index (χ2n) is 4.91. The van der Waals surface area contributed by atoms with Crippen LogP contribution in [0.15, 0.2) is 48.5 Å². The zero-order chi connectivity index (χ0) is 15.1. The van der Waals surface area contributed by atoms with E-state index in [9.17, 15) is 9.50 Å². The molecule has 0 spiro atoms. The second-order valence-corrected chi connectivity index (χ2v) is 4.91. The zero-order valence-corrected chi connectivity index (χ0v) is 12.2. The Kier molecular flexibility index (Phi) is 5.72. The van der Waals surface area contributed by atoms with Gasteiger partial charge in [0, 0.05) is 19.6 Å². The molecule has 0 amide bonds. The van der Waals surface area contributed by atoms with Crippen molar-refractivity contribution in [1.82, 2.24) is 5.32 Å². The van der Waals surface area contributed by atoms with Crippen LogP contribution in [0.5, 0.6) is 0 Å². The van der Waals surface area contributed by atoms with E-state index in [1.807, 2.05) is 48.3 Å². The second kappa shape index (κ2) is 7.76. The van der Waals surface area contributed by atoms with E-state index in [0.717, 1.165) is 11.1 Å². The smallest absolute Gasteiger partial charge is 0.146 e. The first kappa shape index (κ1) is 15.5. The molecule has 0 aliphatic carbocycles. The third-order valence-electron chi connectivity index (χ3n) is 3.34. The van der Waals surface area contributed by atoms with Gasteiger partial charge in [0.05, 0.1) is 12.3 Å². The van der Waals surface area contributed by atoms with Gasteiger partial charge in [-0.2, -0.15) is 0 Å². The number of hydrogen-bond acceptors (Lipinski definition) is 3. The Balaban J connectivity index is 2.33. The van der Waals surface area contributed by atoms with Gasteiger partial charge in [-0.15, -0.1) is 0 Å². The first-order valence-corrected chi connectivity index (χ1v) is 7.08. The molecule has 0 unspecified atom stereocenters. The average Bonchev–Trinajstić information content (AvgIpc) is 2.49. The van der Waals surface area contributed by atoms with Crippen LogP contribution in [0.3, 0.4) is 0 Å². The quantitative estimate of drug-likeness (QED) is 0.822. The number of aliphatic hydroxyl groups excluding tert-OH is 1. The number of para-hydroxylation sites is 1. The number of benzene rings is 2. The summed E-state index contributed by atoms with van der Waals surface area (Å²) >= 11 is 0. The number of rotatable bonds is 7. The van der Waals surface area contributed by atoms with Crippen LogP contribution in [-0.2, 0) is 13.1 Å². The highest BCUT2D eigenvalue weighted by Gasteiger charge is 2.15. The van der Waals surface area contributed by atoms with Gasteiger partial charge in [-0.05, 0) is 24.2 Å². The van der Waals surface area contributed by atoms with E-state index in [0.29, 0.717) is 25.3 Å². The van der Waals surface area contributed by atoms with Crippen LogP contribution in [0.4, 0.5) is 10.1 Å². The first-order chi connectivity index (χ1) is 10.3. The summed E-state index contributed by atoms with van der Waals surface area (Å²) in [5.74, 6) is -0.257. The molecular formula is C17H21FN2O. The summed E-state index contributed by atoms with van der Waals surface area (Å²) < 4.78 is 14.3. The Bertz CT molecular complexity index is 560. The molecule has 2 aromatic carbocycles. The van der Waals surface area contributed by atoms with Crippen molar-refractivity contribution in [1.29, 1.82) is 0 Å². The van der Waals surface area contributed by atoms with Crippen LogP contribution in [0, 0.1) is 5.82 Å². The van der Waals surface area contributed by atoms with Gasteiger partial charge >= 0.3 is 0 Å². The van der Waals surface area contributed by atoms with E-state index in [4.69, 9.17) is 0 Å². The third kappa shape index (κ3) is 4.03. The summed E-state index contributed by atoms with van der Waals surface area (Å²) in [6.07, 6.45) is 0. The van der Waals surface area contributed by atoms with Crippen molar-refractivity contribution < 1.29 is 9.50 Å². The summed E-state index contributed by atoms with van der Waals surface area (Å²) in [5.41, 5.74) is 2.54. The molecule has 4 heteroatoms. The zero-order valence-electron chi connectivity index (χ0n) is 12.2. The molecule has 0 saturated heterocycles. The summed E-state index contributed by atoms with van der Waals surface area (Å²) in [7, 11) is 1.84. The highest BCUT2D eigenvalue weighted by Crippen LogP contribution is 2.26. The molecule has 0 fully saturated rings. The van der Waals surface area contributed by atoms with E-state index >= 15 is 0 Å². The number of halogens is 1. The lowest BCUT2D eigenvalue weighted by Crippen LogP contribution is -2.28. The van der Waals surface area contributed by atoms with Gasteiger partial charge < -0.3 is 15.3 Å². The van der Waals surface area contributed by atoms with Crippen molar-refractivity contribution in [3.8, 4) is 0 Å². The van der Waals surface area contributed by atoms with Crippen molar-refractivity contribution in [2.24, 2.45) is 0 Å².